The molecule has 1 fully saturated rings. The SMILES string of the molecule is COC(C1CCCCC1)C(Cc1ncnn1C(C)C)NN. The van der Waals surface area contributed by atoms with E-state index in [9.17, 15) is 0 Å². The van der Waals surface area contributed by atoms with Crippen molar-refractivity contribution in [1.29, 1.82) is 0 Å². The van der Waals surface area contributed by atoms with E-state index >= 15 is 0 Å². The minimum atomic E-state index is 0.0693. The lowest BCUT2D eigenvalue weighted by Gasteiger charge is -2.34. The Morgan fingerprint density at radius 1 is 1.38 bits per heavy atom. The van der Waals surface area contributed by atoms with Gasteiger partial charge in [-0.1, -0.05) is 19.3 Å². The first-order valence-corrected chi connectivity index (χ1v) is 8.04. The molecule has 1 heterocycles. The van der Waals surface area contributed by atoms with Gasteiger partial charge in [0.25, 0.3) is 0 Å². The Kier molecular flexibility index (Phi) is 6.14. The smallest absolute Gasteiger partial charge is 0.138 e. The van der Waals surface area contributed by atoms with E-state index in [1.807, 2.05) is 4.68 Å². The van der Waals surface area contributed by atoms with E-state index in [-0.39, 0.29) is 12.1 Å². The Labute approximate surface area is 127 Å². The molecule has 0 radical (unpaired) electrons. The highest BCUT2D eigenvalue weighted by molar-refractivity contribution is 4.95. The zero-order chi connectivity index (χ0) is 15.2. The van der Waals surface area contributed by atoms with Crippen LogP contribution < -0.4 is 11.3 Å². The quantitative estimate of drug-likeness (QED) is 0.593. The van der Waals surface area contributed by atoms with Crippen LogP contribution in [0.2, 0.25) is 0 Å². The molecule has 3 N–H and O–H groups in total. The highest BCUT2D eigenvalue weighted by Crippen LogP contribution is 2.30. The number of methoxy groups -OCH3 is 1. The molecule has 2 unspecified atom stereocenters. The van der Waals surface area contributed by atoms with Gasteiger partial charge in [-0.2, -0.15) is 5.10 Å². The summed E-state index contributed by atoms with van der Waals surface area (Å²) in [5.74, 6) is 7.36. The molecule has 1 aromatic rings. The molecule has 1 aliphatic carbocycles. The monoisotopic (exact) mass is 295 g/mol. The summed E-state index contributed by atoms with van der Waals surface area (Å²) < 4.78 is 7.75. The number of nitrogens with two attached hydrogens (primary N) is 1. The topological polar surface area (TPSA) is 78.0 Å². The number of nitrogens with zero attached hydrogens (tertiary/aromatic N) is 3. The molecule has 120 valence electrons. The maximum Gasteiger partial charge on any atom is 0.138 e. The maximum absolute atomic E-state index is 5.81. The molecule has 0 aromatic carbocycles. The second-order valence-electron chi connectivity index (χ2n) is 6.29. The molecule has 6 heteroatoms. The molecule has 6 nitrogen and oxygen atoms in total. The third-order valence-electron chi connectivity index (χ3n) is 4.54. The standard InChI is InChI=1S/C15H29N5O/c1-11(2)20-14(17-10-18-20)9-13(19-16)15(21-3)12-7-5-4-6-8-12/h10-13,15,19H,4-9,16H2,1-3H3. The average molecular weight is 295 g/mol. The van der Waals surface area contributed by atoms with Gasteiger partial charge in [-0.25, -0.2) is 9.67 Å². The van der Waals surface area contributed by atoms with Crippen LogP contribution in [0.25, 0.3) is 0 Å². The van der Waals surface area contributed by atoms with Crippen LogP contribution in [-0.2, 0) is 11.2 Å². The number of nitrogens with one attached hydrogen (secondary N) is 1. The summed E-state index contributed by atoms with van der Waals surface area (Å²) in [6.07, 6.45) is 8.88. The van der Waals surface area contributed by atoms with Gasteiger partial charge in [0.05, 0.1) is 12.1 Å². The number of ether oxygens (including phenoxy) is 1. The van der Waals surface area contributed by atoms with E-state index in [4.69, 9.17) is 10.6 Å². The molecule has 0 spiro atoms. The fourth-order valence-electron chi connectivity index (χ4n) is 3.47. The number of hydrogen-bond donors (Lipinski definition) is 2. The number of aromatic nitrogens is 3. The van der Waals surface area contributed by atoms with Crippen LogP contribution in [0.15, 0.2) is 6.33 Å². The maximum atomic E-state index is 5.81. The highest BCUT2D eigenvalue weighted by atomic mass is 16.5. The molecule has 1 saturated carbocycles. The summed E-state index contributed by atoms with van der Waals surface area (Å²) >= 11 is 0. The van der Waals surface area contributed by atoms with Gasteiger partial charge in [0.2, 0.25) is 0 Å². The van der Waals surface area contributed by atoms with E-state index in [0.29, 0.717) is 12.0 Å². The molecule has 0 saturated heterocycles. The van der Waals surface area contributed by atoms with Crippen molar-refractivity contribution in [3.63, 3.8) is 0 Å². The Bertz CT molecular complexity index is 414. The highest BCUT2D eigenvalue weighted by Gasteiger charge is 2.31. The summed E-state index contributed by atoms with van der Waals surface area (Å²) in [4.78, 5) is 4.39. The van der Waals surface area contributed by atoms with E-state index in [1.165, 1.54) is 32.1 Å². The van der Waals surface area contributed by atoms with Crippen LogP contribution in [0, 0.1) is 5.92 Å². The average Bonchev–Trinajstić information content (AvgIpc) is 2.96. The minimum Gasteiger partial charge on any atom is -0.379 e. The van der Waals surface area contributed by atoms with E-state index < -0.39 is 0 Å². The fraction of sp³-hybridized carbons (Fsp3) is 0.867. The Hall–Kier alpha value is -0.980. The first kappa shape index (κ1) is 16.4. The molecule has 2 atom stereocenters. The van der Waals surface area contributed by atoms with Gasteiger partial charge in [-0.15, -0.1) is 0 Å². The first-order valence-electron chi connectivity index (χ1n) is 8.04. The molecule has 0 aliphatic heterocycles. The van der Waals surface area contributed by atoms with Crippen LogP contribution in [0.3, 0.4) is 0 Å². The Balaban J connectivity index is 2.07. The number of hydrogen-bond acceptors (Lipinski definition) is 5. The fourth-order valence-corrected chi connectivity index (χ4v) is 3.47. The normalized spacial score (nSPS) is 19.9. The van der Waals surface area contributed by atoms with Gasteiger partial charge < -0.3 is 4.74 Å². The van der Waals surface area contributed by atoms with Gasteiger partial charge in [-0.05, 0) is 32.6 Å². The van der Waals surface area contributed by atoms with Crippen molar-refractivity contribution < 1.29 is 4.74 Å². The second-order valence-corrected chi connectivity index (χ2v) is 6.29. The molecular weight excluding hydrogens is 266 g/mol. The summed E-state index contributed by atoms with van der Waals surface area (Å²) in [5.41, 5.74) is 2.95. The van der Waals surface area contributed by atoms with Gasteiger partial charge in [0, 0.05) is 19.6 Å². The second kappa shape index (κ2) is 7.87. The molecule has 0 amide bonds. The molecule has 0 bridgehead atoms. The summed E-state index contributed by atoms with van der Waals surface area (Å²) in [5, 5.41) is 4.30. The largest absolute Gasteiger partial charge is 0.379 e. The Morgan fingerprint density at radius 2 is 2.10 bits per heavy atom. The Morgan fingerprint density at radius 3 is 2.67 bits per heavy atom. The van der Waals surface area contributed by atoms with E-state index in [0.717, 1.165) is 12.2 Å². The lowest BCUT2D eigenvalue weighted by molar-refractivity contribution is 0.00751. The van der Waals surface area contributed by atoms with Crippen molar-refractivity contribution >= 4 is 0 Å². The third-order valence-corrected chi connectivity index (χ3v) is 4.54. The van der Waals surface area contributed by atoms with Gasteiger partial charge >= 0.3 is 0 Å². The lowest BCUT2D eigenvalue weighted by atomic mass is 9.82. The van der Waals surface area contributed by atoms with Crippen molar-refractivity contribution in [3.8, 4) is 0 Å². The third kappa shape index (κ3) is 4.02. The molecule has 2 rings (SSSR count). The summed E-state index contributed by atoms with van der Waals surface area (Å²) in [6.45, 7) is 4.22. The zero-order valence-electron chi connectivity index (χ0n) is 13.5. The summed E-state index contributed by atoms with van der Waals surface area (Å²) in [6, 6.07) is 0.372. The molecule has 1 aliphatic rings. The van der Waals surface area contributed by atoms with Crippen LogP contribution in [0.1, 0.15) is 57.8 Å². The van der Waals surface area contributed by atoms with Crippen molar-refractivity contribution in [2.75, 3.05) is 7.11 Å². The predicted molar refractivity (Wildman–Crippen MR) is 82.6 cm³/mol. The van der Waals surface area contributed by atoms with Gasteiger partial charge in [0.15, 0.2) is 0 Å². The van der Waals surface area contributed by atoms with Crippen LogP contribution >= 0.6 is 0 Å². The molecule has 1 aromatic heterocycles. The first-order chi connectivity index (χ1) is 10.2. The van der Waals surface area contributed by atoms with Gasteiger partial charge in [0.1, 0.15) is 12.2 Å². The predicted octanol–water partition coefficient (Wildman–Crippen LogP) is 1.83. The van der Waals surface area contributed by atoms with Gasteiger partial charge in [-0.3, -0.25) is 11.3 Å². The molecule has 21 heavy (non-hydrogen) atoms. The van der Waals surface area contributed by atoms with Crippen molar-refractivity contribution in [3.05, 3.63) is 12.2 Å². The zero-order valence-corrected chi connectivity index (χ0v) is 13.5. The number of rotatable bonds is 7. The van der Waals surface area contributed by atoms with E-state index in [2.05, 4.69) is 29.4 Å². The van der Waals surface area contributed by atoms with E-state index in [1.54, 1.807) is 13.4 Å². The van der Waals surface area contributed by atoms with Crippen molar-refractivity contribution in [1.82, 2.24) is 20.2 Å². The van der Waals surface area contributed by atoms with Crippen LogP contribution in [0.4, 0.5) is 0 Å². The molecular formula is C15H29N5O. The minimum absolute atomic E-state index is 0.0693. The van der Waals surface area contributed by atoms with Crippen LogP contribution in [-0.4, -0.2) is 34.0 Å². The summed E-state index contributed by atoms with van der Waals surface area (Å²) in [7, 11) is 1.79. The lowest BCUT2D eigenvalue weighted by Crippen LogP contribution is -2.50. The van der Waals surface area contributed by atoms with Crippen molar-refractivity contribution in [2.45, 2.75) is 70.6 Å². The number of hydrazine groups is 1. The van der Waals surface area contributed by atoms with Crippen LogP contribution in [0.5, 0.6) is 0 Å². The van der Waals surface area contributed by atoms with Crippen molar-refractivity contribution in [2.24, 2.45) is 11.8 Å².